The number of aromatic nitrogens is 2. The molecule has 0 bridgehead atoms. The van der Waals surface area contributed by atoms with Gasteiger partial charge >= 0.3 is 11.7 Å². The number of halogens is 1. The third-order valence-electron chi connectivity index (χ3n) is 2.45. The summed E-state index contributed by atoms with van der Waals surface area (Å²) in [4.78, 5) is 35.8. The summed E-state index contributed by atoms with van der Waals surface area (Å²) >= 11 is 1.83. The van der Waals surface area contributed by atoms with Gasteiger partial charge in [0.2, 0.25) is 0 Å². The Morgan fingerprint density at radius 2 is 2.26 bits per heavy atom. The number of carbonyl (C=O) groups is 1. The molecule has 0 aliphatic carbocycles. The van der Waals surface area contributed by atoms with Gasteiger partial charge in [0.25, 0.3) is 5.56 Å². The molecule has 1 aliphatic rings. The number of carbonyl (C=O) groups excluding carboxylic acids is 1. The SMILES string of the molecule is CC(=O)OC[C@@H]1C=C[C@H](n2cc(I)c(=O)[nH]c2=O)O1. The van der Waals surface area contributed by atoms with Gasteiger partial charge in [-0.1, -0.05) is 6.08 Å². The molecule has 2 heterocycles. The van der Waals surface area contributed by atoms with Crippen molar-refractivity contribution in [2.75, 3.05) is 6.61 Å². The second-order valence-corrected chi connectivity index (χ2v) is 5.06. The molecule has 0 spiro atoms. The number of hydrogen-bond acceptors (Lipinski definition) is 5. The fourth-order valence-corrected chi connectivity index (χ4v) is 2.03. The van der Waals surface area contributed by atoms with Crippen LogP contribution in [0, 0.1) is 3.57 Å². The van der Waals surface area contributed by atoms with Gasteiger partial charge in [0.15, 0.2) is 6.23 Å². The van der Waals surface area contributed by atoms with E-state index in [1.807, 2.05) is 22.6 Å². The maximum atomic E-state index is 11.7. The van der Waals surface area contributed by atoms with Crippen LogP contribution in [0.1, 0.15) is 13.2 Å². The molecule has 2 rings (SSSR count). The summed E-state index contributed by atoms with van der Waals surface area (Å²) in [5.41, 5.74) is -0.978. The Morgan fingerprint density at radius 1 is 1.53 bits per heavy atom. The van der Waals surface area contributed by atoms with Crippen LogP contribution in [0.2, 0.25) is 0 Å². The van der Waals surface area contributed by atoms with Gasteiger partial charge in [-0.15, -0.1) is 0 Å². The lowest BCUT2D eigenvalue weighted by Crippen LogP contribution is -2.34. The highest BCUT2D eigenvalue weighted by Gasteiger charge is 2.22. The zero-order valence-corrected chi connectivity index (χ0v) is 12.1. The van der Waals surface area contributed by atoms with Gasteiger partial charge in [0.1, 0.15) is 12.7 Å². The first kappa shape index (κ1) is 14.0. The van der Waals surface area contributed by atoms with E-state index in [2.05, 4.69) is 4.98 Å². The topological polar surface area (TPSA) is 90.4 Å². The van der Waals surface area contributed by atoms with Crippen molar-refractivity contribution >= 4 is 28.6 Å². The van der Waals surface area contributed by atoms with Gasteiger partial charge in [0.05, 0.1) is 3.57 Å². The van der Waals surface area contributed by atoms with Gasteiger partial charge in [-0.2, -0.15) is 0 Å². The van der Waals surface area contributed by atoms with E-state index in [1.165, 1.54) is 17.7 Å². The van der Waals surface area contributed by atoms with Crippen molar-refractivity contribution in [3.05, 3.63) is 42.8 Å². The Morgan fingerprint density at radius 3 is 2.95 bits per heavy atom. The predicted molar refractivity (Wildman–Crippen MR) is 73.7 cm³/mol. The first-order valence-electron chi connectivity index (χ1n) is 5.45. The summed E-state index contributed by atoms with van der Waals surface area (Å²) in [5, 5.41) is 0. The van der Waals surface area contributed by atoms with Crippen molar-refractivity contribution in [2.24, 2.45) is 0 Å². The van der Waals surface area contributed by atoms with E-state index in [0.29, 0.717) is 3.57 Å². The van der Waals surface area contributed by atoms with Gasteiger partial charge in [0, 0.05) is 13.1 Å². The van der Waals surface area contributed by atoms with Crippen LogP contribution in [-0.2, 0) is 14.3 Å². The van der Waals surface area contributed by atoms with Crippen molar-refractivity contribution in [2.45, 2.75) is 19.3 Å². The summed E-state index contributed by atoms with van der Waals surface area (Å²) in [6.45, 7) is 1.41. The van der Waals surface area contributed by atoms with E-state index in [4.69, 9.17) is 9.47 Å². The maximum Gasteiger partial charge on any atom is 0.330 e. The van der Waals surface area contributed by atoms with Gasteiger partial charge in [-0.3, -0.25) is 19.1 Å². The Bertz CT molecular complexity index is 633. The summed E-state index contributed by atoms with van der Waals surface area (Å²) in [6.07, 6.45) is 3.79. The molecule has 7 nitrogen and oxygen atoms in total. The van der Waals surface area contributed by atoms with E-state index in [0.717, 1.165) is 0 Å². The van der Waals surface area contributed by atoms with E-state index in [1.54, 1.807) is 12.2 Å². The third kappa shape index (κ3) is 3.32. The molecule has 8 heteroatoms. The van der Waals surface area contributed by atoms with Crippen molar-refractivity contribution < 1.29 is 14.3 Å². The van der Waals surface area contributed by atoms with Crippen molar-refractivity contribution in [1.29, 1.82) is 0 Å². The number of esters is 1. The Kier molecular flexibility index (Phi) is 4.20. The molecular formula is C11H11IN2O5. The molecule has 0 saturated carbocycles. The molecule has 2 atom stereocenters. The van der Waals surface area contributed by atoms with Crippen LogP contribution in [0.5, 0.6) is 0 Å². The first-order valence-corrected chi connectivity index (χ1v) is 6.53. The summed E-state index contributed by atoms with van der Waals surface area (Å²) < 4.78 is 12.0. The highest BCUT2D eigenvalue weighted by molar-refractivity contribution is 14.1. The number of nitrogens with one attached hydrogen (secondary N) is 1. The van der Waals surface area contributed by atoms with E-state index < -0.39 is 29.6 Å². The quantitative estimate of drug-likeness (QED) is 0.460. The number of hydrogen-bond donors (Lipinski definition) is 1. The standard InChI is InChI=1S/C11H11IN2O5/c1-6(15)18-5-7-2-3-9(19-7)14-4-8(12)10(16)13-11(14)17/h2-4,7,9H,5H2,1H3,(H,13,16,17)/t7-,9+/m0/s1. The Balaban J connectivity index is 2.12. The van der Waals surface area contributed by atoms with Crippen LogP contribution in [0.4, 0.5) is 0 Å². The van der Waals surface area contributed by atoms with Crippen LogP contribution < -0.4 is 11.2 Å². The Labute approximate surface area is 121 Å². The number of ether oxygens (including phenoxy) is 2. The zero-order valence-electron chi connectivity index (χ0n) is 9.96. The fourth-order valence-electron chi connectivity index (χ4n) is 1.59. The molecule has 0 radical (unpaired) electrons. The van der Waals surface area contributed by atoms with E-state index in [9.17, 15) is 14.4 Å². The summed E-state index contributed by atoms with van der Waals surface area (Å²) in [5.74, 6) is -0.392. The molecule has 0 amide bonds. The van der Waals surface area contributed by atoms with Crippen molar-refractivity contribution in [1.82, 2.24) is 9.55 Å². The predicted octanol–water partition coefficient (Wildman–Crippen LogP) is 0.158. The first-order chi connectivity index (χ1) is 8.97. The van der Waals surface area contributed by atoms with Gasteiger partial charge in [-0.05, 0) is 28.7 Å². The average molecular weight is 378 g/mol. The lowest BCUT2D eigenvalue weighted by atomic mass is 10.4. The molecule has 1 aromatic heterocycles. The largest absolute Gasteiger partial charge is 0.463 e. The maximum absolute atomic E-state index is 11.7. The van der Waals surface area contributed by atoms with Crippen LogP contribution in [0.15, 0.2) is 27.9 Å². The van der Waals surface area contributed by atoms with Crippen LogP contribution in [-0.4, -0.2) is 28.2 Å². The minimum Gasteiger partial charge on any atom is -0.463 e. The fraction of sp³-hybridized carbons (Fsp3) is 0.364. The molecule has 19 heavy (non-hydrogen) atoms. The molecule has 0 unspecified atom stereocenters. The second-order valence-electron chi connectivity index (χ2n) is 3.90. The average Bonchev–Trinajstić information content (AvgIpc) is 2.80. The number of aromatic amines is 1. The van der Waals surface area contributed by atoms with Crippen molar-refractivity contribution in [3.63, 3.8) is 0 Å². The third-order valence-corrected chi connectivity index (χ3v) is 3.22. The van der Waals surface area contributed by atoms with E-state index >= 15 is 0 Å². The van der Waals surface area contributed by atoms with E-state index in [-0.39, 0.29) is 6.61 Å². The monoisotopic (exact) mass is 378 g/mol. The van der Waals surface area contributed by atoms with Crippen LogP contribution in [0.3, 0.4) is 0 Å². The lowest BCUT2D eigenvalue weighted by Gasteiger charge is -2.15. The second kappa shape index (κ2) is 5.70. The van der Waals surface area contributed by atoms with Crippen molar-refractivity contribution in [3.8, 4) is 0 Å². The molecule has 0 fully saturated rings. The minimum atomic E-state index is -0.613. The number of rotatable bonds is 3. The highest BCUT2D eigenvalue weighted by Crippen LogP contribution is 2.19. The van der Waals surface area contributed by atoms with Crippen LogP contribution >= 0.6 is 22.6 Å². The zero-order chi connectivity index (χ0) is 14.0. The molecule has 1 aromatic rings. The van der Waals surface area contributed by atoms with Crippen LogP contribution in [0.25, 0.3) is 0 Å². The molecule has 0 saturated heterocycles. The molecule has 1 aliphatic heterocycles. The minimum absolute atomic E-state index is 0.0948. The molecule has 1 N–H and O–H groups in total. The van der Waals surface area contributed by atoms with Gasteiger partial charge in [-0.25, -0.2) is 4.79 Å². The smallest absolute Gasteiger partial charge is 0.330 e. The normalized spacial score (nSPS) is 21.6. The number of H-pyrrole nitrogens is 1. The molecular weight excluding hydrogens is 367 g/mol. The summed E-state index contributed by atoms with van der Waals surface area (Å²) in [7, 11) is 0. The number of nitrogens with zero attached hydrogens (tertiary/aromatic N) is 1. The highest BCUT2D eigenvalue weighted by atomic mass is 127. The lowest BCUT2D eigenvalue weighted by molar-refractivity contribution is -0.145. The molecule has 102 valence electrons. The Hall–Kier alpha value is -1.42. The van der Waals surface area contributed by atoms with Gasteiger partial charge < -0.3 is 9.47 Å². The molecule has 0 aromatic carbocycles. The summed E-state index contributed by atoms with van der Waals surface area (Å²) in [6, 6.07) is 0.